The first kappa shape index (κ1) is 11.3. The number of primary amides is 1. The van der Waals surface area contributed by atoms with E-state index in [1.807, 2.05) is 0 Å². The van der Waals surface area contributed by atoms with Crippen molar-refractivity contribution >= 4 is 11.9 Å². The lowest BCUT2D eigenvalue weighted by Crippen LogP contribution is -2.12. The fraction of sp³-hybridized carbons (Fsp3) is 0.400. The number of carbonyl (C=O) groups is 2. The Morgan fingerprint density at radius 1 is 1.40 bits per heavy atom. The van der Waals surface area contributed by atoms with Crippen LogP contribution in [-0.2, 0) is 4.74 Å². The molecule has 0 aromatic carbocycles. The van der Waals surface area contributed by atoms with Crippen LogP contribution >= 0.6 is 0 Å². The topological polar surface area (TPSA) is 82.5 Å². The molecular weight excluding hydrogens is 198 g/mol. The maximum atomic E-state index is 11.5. The molecule has 1 rings (SSSR count). The van der Waals surface area contributed by atoms with Crippen molar-refractivity contribution in [2.24, 2.45) is 5.73 Å². The maximum Gasteiger partial charge on any atom is 0.341 e. The Hall–Kier alpha value is -1.78. The Bertz CT molecular complexity index is 406. The number of hydrogen-bond donors (Lipinski definition) is 1. The van der Waals surface area contributed by atoms with Crippen molar-refractivity contribution in [2.45, 2.75) is 20.8 Å². The summed E-state index contributed by atoms with van der Waals surface area (Å²) in [5, 5.41) is 0. The van der Waals surface area contributed by atoms with Gasteiger partial charge in [-0.25, -0.2) is 4.79 Å². The molecule has 1 aromatic rings. The molecule has 0 bridgehead atoms. The minimum atomic E-state index is -0.689. The molecule has 0 radical (unpaired) electrons. The second-order valence-electron chi connectivity index (χ2n) is 3.07. The fourth-order valence-electron chi connectivity index (χ4n) is 1.39. The van der Waals surface area contributed by atoms with Gasteiger partial charge in [-0.3, -0.25) is 4.79 Å². The van der Waals surface area contributed by atoms with Gasteiger partial charge in [0, 0.05) is 5.56 Å². The van der Waals surface area contributed by atoms with Crippen LogP contribution < -0.4 is 5.73 Å². The molecule has 15 heavy (non-hydrogen) atoms. The van der Waals surface area contributed by atoms with Crippen molar-refractivity contribution in [1.82, 2.24) is 0 Å². The van der Waals surface area contributed by atoms with E-state index in [0.717, 1.165) is 0 Å². The first-order valence-electron chi connectivity index (χ1n) is 4.56. The van der Waals surface area contributed by atoms with Crippen LogP contribution in [0.2, 0.25) is 0 Å². The van der Waals surface area contributed by atoms with Gasteiger partial charge in [-0.05, 0) is 20.8 Å². The molecule has 1 aromatic heterocycles. The molecule has 2 N–H and O–H groups in total. The number of carbonyl (C=O) groups excluding carboxylic acids is 2. The van der Waals surface area contributed by atoms with E-state index in [1.54, 1.807) is 20.8 Å². The van der Waals surface area contributed by atoms with Crippen LogP contribution in [0.4, 0.5) is 0 Å². The molecule has 5 heteroatoms. The second-order valence-corrected chi connectivity index (χ2v) is 3.07. The molecule has 1 heterocycles. The van der Waals surface area contributed by atoms with Crippen LogP contribution in [0.15, 0.2) is 4.42 Å². The number of hydrogen-bond acceptors (Lipinski definition) is 4. The molecule has 0 unspecified atom stereocenters. The van der Waals surface area contributed by atoms with Gasteiger partial charge in [-0.1, -0.05) is 0 Å². The number of rotatable bonds is 3. The van der Waals surface area contributed by atoms with E-state index in [2.05, 4.69) is 0 Å². The summed E-state index contributed by atoms with van der Waals surface area (Å²) in [6.45, 7) is 5.17. The molecule has 0 aliphatic carbocycles. The Morgan fingerprint density at radius 2 is 2.00 bits per heavy atom. The maximum absolute atomic E-state index is 11.5. The van der Waals surface area contributed by atoms with Crippen molar-refractivity contribution in [1.29, 1.82) is 0 Å². The van der Waals surface area contributed by atoms with Gasteiger partial charge in [0.15, 0.2) is 5.76 Å². The highest BCUT2D eigenvalue weighted by atomic mass is 16.5. The molecule has 0 saturated carbocycles. The van der Waals surface area contributed by atoms with Crippen molar-refractivity contribution in [3.8, 4) is 0 Å². The average molecular weight is 211 g/mol. The highest BCUT2D eigenvalue weighted by Crippen LogP contribution is 2.21. The zero-order valence-corrected chi connectivity index (χ0v) is 8.92. The highest BCUT2D eigenvalue weighted by Gasteiger charge is 2.23. The minimum Gasteiger partial charge on any atom is -0.462 e. The van der Waals surface area contributed by atoms with Crippen LogP contribution in [0.3, 0.4) is 0 Å². The van der Waals surface area contributed by atoms with E-state index in [9.17, 15) is 9.59 Å². The smallest absolute Gasteiger partial charge is 0.341 e. The van der Waals surface area contributed by atoms with Crippen LogP contribution in [-0.4, -0.2) is 18.5 Å². The van der Waals surface area contributed by atoms with Gasteiger partial charge in [-0.15, -0.1) is 0 Å². The van der Waals surface area contributed by atoms with Crippen LogP contribution in [0.1, 0.15) is 39.2 Å². The number of nitrogens with two attached hydrogens (primary N) is 1. The average Bonchev–Trinajstić information content (AvgIpc) is 2.42. The number of esters is 1. The Kier molecular flexibility index (Phi) is 3.14. The lowest BCUT2D eigenvalue weighted by molar-refractivity contribution is 0.0523. The van der Waals surface area contributed by atoms with Crippen molar-refractivity contribution in [2.75, 3.05) is 6.61 Å². The zero-order chi connectivity index (χ0) is 11.6. The van der Waals surface area contributed by atoms with Gasteiger partial charge in [0.05, 0.1) is 6.61 Å². The summed E-state index contributed by atoms with van der Waals surface area (Å²) in [6, 6.07) is 0. The molecule has 0 spiro atoms. The van der Waals surface area contributed by atoms with E-state index in [4.69, 9.17) is 14.9 Å². The summed E-state index contributed by atoms with van der Waals surface area (Å²) in [6.07, 6.45) is 0. The summed E-state index contributed by atoms with van der Waals surface area (Å²) in [5.41, 5.74) is 5.80. The Morgan fingerprint density at radius 3 is 2.40 bits per heavy atom. The van der Waals surface area contributed by atoms with E-state index >= 15 is 0 Å². The standard InChI is InChI=1S/C10H13NO4/c1-4-14-10(13)7-5(2)8(9(11)12)15-6(7)3/h4H2,1-3H3,(H2,11,12). The lowest BCUT2D eigenvalue weighted by atomic mass is 10.1. The van der Waals surface area contributed by atoms with E-state index < -0.39 is 11.9 Å². The van der Waals surface area contributed by atoms with Crippen LogP contribution in [0.5, 0.6) is 0 Å². The largest absolute Gasteiger partial charge is 0.462 e. The summed E-state index contributed by atoms with van der Waals surface area (Å²) >= 11 is 0. The van der Waals surface area contributed by atoms with Gasteiger partial charge in [-0.2, -0.15) is 0 Å². The van der Waals surface area contributed by atoms with E-state index in [-0.39, 0.29) is 17.9 Å². The third kappa shape index (κ3) is 2.01. The Labute approximate surface area is 87.2 Å². The molecule has 0 aliphatic rings. The first-order valence-corrected chi connectivity index (χ1v) is 4.56. The van der Waals surface area contributed by atoms with E-state index in [0.29, 0.717) is 11.3 Å². The third-order valence-electron chi connectivity index (χ3n) is 2.03. The zero-order valence-electron chi connectivity index (χ0n) is 8.92. The summed E-state index contributed by atoms with van der Waals surface area (Å²) in [7, 11) is 0. The van der Waals surface area contributed by atoms with Gasteiger partial charge in [0.2, 0.25) is 0 Å². The van der Waals surface area contributed by atoms with Crippen molar-refractivity contribution < 1.29 is 18.7 Å². The van der Waals surface area contributed by atoms with Crippen LogP contribution in [0, 0.1) is 13.8 Å². The molecule has 1 amide bonds. The summed E-state index contributed by atoms with van der Waals surface area (Å²) < 4.78 is 9.93. The van der Waals surface area contributed by atoms with Crippen molar-refractivity contribution in [3.05, 3.63) is 22.6 Å². The Balaban J connectivity index is 3.19. The van der Waals surface area contributed by atoms with Gasteiger partial charge < -0.3 is 14.9 Å². The number of aryl methyl sites for hydroxylation is 1. The predicted molar refractivity (Wildman–Crippen MR) is 52.7 cm³/mol. The predicted octanol–water partition coefficient (Wildman–Crippen LogP) is 1.17. The number of amides is 1. The SMILES string of the molecule is CCOC(=O)c1c(C)oc(C(N)=O)c1C. The second kappa shape index (κ2) is 4.16. The van der Waals surface area contributed by atoms with Crippen molar-refractivity contribution in [3.63, 3.8) is 0 Å². The molecule has 0 aliphatic heterocycles. The van der Waals surface area contributed by atoms with Gasteiger partial charge in [0.1, 0.15) is 11.3 Å². The molecule has 0 saturated heterocycles. The highest BCUT2D eigenvalue weighted by molar-refractivity contribution is 5.98. The molecule has 5 nitrogen and oxygen atoms in total. The molecule has 0 atom stereocenters. The summed E-state index contributed by atoms with van der Waals surface area (Å²) in [5.74, 6) is -0.829. The van der Waals surface area contributed by atoms with Gasteiger partial charge in [0.25, 0.3) is 5.91 Å². The van der Waals surface area contributed by atoms with Gasteiger partial charge >= 0.3 is 5.97 Å². The minimum absolute atomic E-state index is 0.00977. The first-order chi connectivity index (χ1) is 6.99. The lowest BCUT2D eigenvalue weighted by Gasteiger charge is -2.00. The monoisotopic (exact) mass is 211 g/mol. The fourth-order valence-corrected chi connectivity index (χ4v) is 1.39. The van der Waals surface area contributed by atoms with E-state index in [1.165, 1.54) is 0 Å². The third-order valence-corrected chi connectivity index (χ3v) is 2.03. The molecule has 82 valence electrons. The number of furan rings is 1. The molecule has 0 fully saturated rings. The van der Waals surface area contributed by atoms with Crippen LogP contribution in [0.25, 0.3) is 0 Å². The normalized spacial score (nSPS) is 10.1. The number of ether oxygens (including phenoxy) is 1. The summed E-state index contributed by atoms with van der Waals surface area (Å²) in [4.78, 5) is 22.4. The quantitative estimate of drug-likeness (QED) is 0.761. The molecular formula is C10H13NO4.